The second kappa shape index (κ2) is 5.44. The van der Waals surface area contributed by atoms with Crippen molar-refractivity contribution in [2.45, 2.75) is 13.3 Å². The lowest BCUT2D eigenvalue weighted by Crippen LogP contribution is -2.02. The monoisotopic (exact) mass is 306 g/mol. The van der Waals surface area contributed by atoms with E-state index >= 15 is 0 Å². The molecule has 2 aromatic carbocycles. The lowest BCUT2D eigenvalue weighted by Gasteiger charge is -2.15. The summed E-state index contributed by atoms with van der Waals surface area (Å²) in [6, 6.07) is 2.23. The van der Waals surface area contributed by atoms with E-state index in [9.17, 15) is 24.9 Å². The molecule has 0 aliphatic rings. The first-order valence-corrected chi connectivity index (χ1v) is 6.38. The number of rotatable bonds is 4. The maximum Gasteiger partial charge on any atom is 0.335 e. The average molecular weight is 306 g/mol. The van der Waals surface area contributed by atoms with Gasteiger partial charge in [0, 0.05) is 11.8 Å². The molecule has 0 bridgehead atoms. The molecule has 4 N–H and O–H groups in total. The molecule has 0 saturated carbocycles. The normalized spacial score (nSPS) is 10.6. The quantitative estimate of drug-likeness (QED) is 0.388. The minimum Gasteiger partial charge on any atom is -0.506 e. The fourth-order valence-corrected chi connectivity index (χ4v) is 2.25. The maximum absolute atomic E-state index is 11.9. The van der Waals surface area contributed by atoms with Gasteiger partial charge in [0.1, 0.15) is 17.1 Å². The molecule has 0 aromatic heterocycles. The Morgan fingerprint density at radius 3 is 2.23 bits per heavy atom. The van der Waals surface area contributed by atoms with Crippen LogP contribution in [0.4, 0.5) is 0 Å². The van der Waals surface area contributed by atoms with Crippen LogP contribution in [0.25, 0.3) is 10.8 Å². The van der Waals surface area contributed by atoms with E-state index in [2.05, 4.69) is 0 Å². The van der Waals surface area contributed by atoms with Crippen LogP contribution in [0.1, 0.15) is 34.1 Å². The van der Waals surface area contributed by atoms with Crippen molar-refractivity contribution in [2.24, 2.45) is 0 Å². The fraction of sp³-hybridized carbons (Fsp3) is 0.200. The molecule has 2 rings (SSSR count). The Kier molecular flexibility index (Phi) is 3.81. The molecule has 2 aromatic rings. The van der Waals surface area contributed by atoms with Crippen molar-refractivity contribution in [2.75, 3.05) is 7.11 Å². The third kappa shape index (κ3) is 2.16. The van der Waals surface area contributed by atoms with E-state index < -0.39 is 34.6 Å². The van der Waals surface area contributed by atoms with Gasteiger partial charge in [0.15, 0.2) is 17.3 Å². The van der Waals surface area contributed by atoms with Crippen molar-refractivity contribution in [1.29, 1.82) is 0 Å². The van der Waals surface area contributed by atoms with Crippen LogP contribution in [-0.4, -0.2) is 39.3 Å². The van der Waals surface area contributed by atoms with Gasteiger partial charge < -0.3 is 25.2 Å². The number of carboxylic acids is 1. The molecule has 0 amide bonds. The third-order valence-electron chi connectivity index (χ3n) is 3.36. The minimum atomic E-state index is -1.27. The Morgan fingerprint density at radius 2 is 1.73 bits per heavy atom. The van der Waals surface area contributed by atoms with E-state index in [1.54, 1.807) is 0 Å². The lowest BCUT2D eigenvalue weighted by atomic mass is 9.96. The number of phenols is 3. The Balaban J connectivity index is 3.01. The van der Waals surface area contributed by atoms with Crippen LogP contribution in [0, 0.1) is 0 Å². The summed E-state index contributed by atoms with van der Waals surface area (Å²) < 4.78 is 5.03. The standard InChI is InChI=1S/C15H14O7/c1-3-8(16)11-13(18)10-7(12(17)14(11)19)4-6(15(20)21)5-9(10)22-2/h4-5,17-19H,3H2,1-2H3,(H,20,21). The first-order chi connectivity index (χ1) is 10.3. The summed E-state index contributed by atoms with van der Waals surface area (Å²) in [6.07, 6.45) is 0.00158. The van der Waals surface area contributed by atoms with E-state index in [-0.39, 0.29) is 28.5 Å². The van der Waals surface area contributed by atoms with Crippen LogP contribution in [0.2, 0.25) is 0 Å². The molecule has 7 heteroatoms. The van der Waals surface area contributed by atoms with Gasteiger partial charge in [0.2, 0.25) is 0 Å². The molecule has 7 nitrogen and oxygen atoms in total. The number of fused-ring (bicyclic) bond motifs is 1. The van der Waals surface area contributed by atoms with Gasteiger partial charge in [-0.2, -0.15) is 0 Å². The molecule has 0 unspecified atom stereocenters. The lowest BCUT2D eigenvalue weighted by molar-refractivity contribution is 0.0696. The number of aromatic hydroxyl groups is 3. The van der Waals surface area contributed by atoms with Gasteiger partial charge in [0.05, 0.1) is 18.1 Å². The zero-order valence-corrected chi connectivity index (χ0v) is 11.9. The molecule has 0 saturated heterocycles. The molecule has 0 fully saturated rings. The number of carbonyl (C=O) groups excluding carboxylic acids is 1. The van der Waals surface area contributed by atoms with Crippen LogP contribution in [0.5, 0.6) is 23.0 Å². The van der Waals surface area contributed by atoms with Crippen molar-refractivity contribution in [3.8, 4) is 23.0 Å². The SMILES string of the molecule is CCC(=O)c1c(O)c(O)c2cc(C(=O)O)cc(OC)c2c1O. The van der Waals surface area contributed by atoms with Gasteiger partial charge in [0.25, 0.3) is 0 Å². The number of methoxy groups -OCH3 is 1. The Labute approximate surface area is 125 Å². The van der Waals surface area contributed by atoms with Crippen LogP contribution >= 0.6 is 0 Å². The summed E-state index contributed by atoms with van der Waals surface area (Å²) in [5.74, 6) is -3.92. The number of ether oxygens (including phenoxy) is 1. The Hall–Kier alpha value is -2.96. The summed E-state index contributed by atoms with van der Waals surface area (Å²) in [5.41, 5.74) is -0.623. The molecule has 0 heterocycles. The number of hydrogen-bond donors (Lipinski definition) is 4. The van der Waals surface area contributed by atoms with Crippen LogP contribution < -0.4 is 4.74 Å². The summed E-state index contributed by atoms with van der Waals surface area (Å²) in [7, 11) is 1.26. The van der Waals surface area contributed by atoms with E-state index in [0.717, 1.165) is 12.1 Å². The highest BCUT2D eigenvalue weighted by Gasteiger charge is 2.26. The van der Waals surface area contributed by atoms with E-state index in [0.29, 0.717) is 0 Å². The number of ketones is 1. The molecular weight excluding hydrogens is 292 g/mol. The Bertz CT molecular complexity index is 793. The smallest absolute Gasteiger partial charge is 0.335 e. The summed E-state index contributed by atoms with van der Waals surface area (Å²) >= 11 is 0. The Morgan fingerprint density at radius 1 is 1.09 bits per heavy atom. The zero-order chi connectivity index (χ0) is 16.6. The molecule has 116 valence electrons. The number of benzene rings is 2. The predicted molar refractivity (Wildman–Crippen MR) is 77.1 cm³/mol. The third-order valence-corrected chi connectivity index (χ3v) is 3.36. The summed E-state index contributed by atoms with van der Waals surface area (Å²) in [6.45, 7) is 1.53. The number of carboxylic acid groups (broad SMARTS) is 1. The van der Waals surface area contributed by atoms with Crippen LogP contribution in [0.15, 0.2) is 12.1 Å². The average Bonchev–Trinajstić information content (AvgIpc) is 2.51. The summed E-state index contributed by atoms with van der Waals surface area (Å²) in [5, 5.41) is 39.2. The second-order valence-corrected chi connectivity index (χ2v) is 4.60. The fourth-order valence-electron chi connectivity index (χ4n) is 2.25. The van der Waals surface area contributed by atoms with Gasteiger partial charge in [-0.1, -0.05) is 6.92 Å². The number of hydrogen-bond acceptors (Lipinski definition) is 6. The van der Waals surface area contributed by atoms with E-state index in [1.165, 1.54) is 14.0 Å². The van der Waals surface area contributed by atoms with Crippen molar-refractivity contribution in [1.82, 2.24) is 0 Å². The van der Waals surface area contributed by atoms with Crippen molar-refractivity contribution < 1.29 is 34.8 Å². The highest BCUT2D eigenvalue weighted by atomic mass is 16.5. The second-order valence-electron chi connectivity index (χ2n) is 4.60. The molecule has 0 aliphatic carbocycles. The molecule has 0 aliphatic heterocycles. The van der Waals surface area contributed by atoms with E-state index in [4.69, 9.17) is 9.84 Å². The first-order valence-electron chi connectivity index (χ1n) is 6.38. The van der Waals surface area contributed by atoms with Gasteiger partial charge in [-0.3, -0.25) is 4.79 Å². The zero-order valence-electron chi connectivity index (χ0n) is 11.9. The largest absolute Gasteiger partial charge is 0.506 e. The van der Waals surface area contributed by atoms with Crippen molar-refractivity contribution >= 4 is 22.5 Å². The molecular formula is C15H14O7. The van der Waals surface area contributed by atoms with Gasteiger partial charge in [-0.05, 0) is 12.1 Å². The van der Waals surface area contributed by atoms with Crippen LogP contribution in [-0.2, 0) is 0 Å². The maximum atomic E-state index is 11.9. The van der Waals surface area contributed by atoms with Crippen molar-refractivity contribution in [3.05, 3.63) is 23.3 Å². The van der Waals surface area contributed by atoms with Crippen LogP contribution in [0.3, 0.4) is 0 Å². The number of phenolic OH excluding ortho intramolecular Hbond substituents is 3. The highest BCUT2D eigenvalue weighted by Crippen LogP contribution is 2.48. The molecule has 0 radical (unpaired) electrons. The number of aromatic carboxylic acids is 1. The first kappa shape index (κ1) is 15.4. The minimum absolute atomic E-state index is 0.00158. The molecule has 22 heavy (non-hydrogen) atoms. The van der Waals surface area contributed by atoms with Gasteiger partial charge in [-0.15, -0.1) is 0 Å². The number of Topliss-reactive ketones (excluding diaryl/α,β-unsaturated/α-hetero) is 1. The molecule has 0 spiro atoms. The number of carbonyl (C=O) groups is 2. The topological polar surface area (TPSA) is 124 Å². The van der Waals surface area contributed by atoms with Gasteiger partial charge in [-0.25, -0.2) is 4.79 Å². The highest BCUT2D eigenvalue weighted by molar-refractivity contribution is 6.12. The van der Waals surface area contributed by atoms with Crippen molar-refractivity contribution in [3.63, 3.8) is 0 Å². The molecule has 0 atom stereocenters. The van der Waals surface area contributed by atoms with E-state index in [1.807, 2.05) is 0 Å². The summed E-state index contributed by atoms with van der Waals surface area (Å²) in [4.78, 5) is 23.0. The van der Waals surface area contributed by atoms with Gasteiger partial charge >= 0.3 is 5.97 Å². The predicted octanol–water partition coefficient (Wildman–Crippen LogP) is 2.26.